The molecule has 1 aromatic carbocycles. The maximum atomic E-state index is 13.9. The molecule has 4 nitrogen and oxygen atoms in total. The second-order valence-corrected chi connectivity index (χ2v) is 3.44. The van der Waals surface area contributed by atoms with E-state index in [1.54, 1.807) is 6.07 Å². The van der Waals surface area contributed by atoms with Gasteiger partial charge in [-0.25, -0.2) is 4.79 Å². The maximum Gasteiger partial charge on any atom is 0.326 e. The largest absolute Gasteiger partial charge is 0.326 e. The van der Waals surface area contributed by atoms with E-state index in [0.29, 0.717) is 6.07 Å². The second-order valence-electron chi connectivity index (χ2n) is 3.44. The number of halogens is 2. The van der Waals surface area contributed by atoms with Crippen LogP contribution in [-0.4, -0.2) is 9.97 Å². The minimum Gasteiger partial charge on any atom is -0.305 e. The Balaban J connectivity index is 2.59. The van der Waals surface area contributed by atoms with Gasteiger partial charge in [0, 0.05) is 11.6 Å². The third-order valence-corrected chi connectivity index (χ3v) is 2.23. The normalized spacial score (nSPS) is 11.4. The van der Waals surface area contributed by atoms with Gasteiger partial charge in [0.05, 0.1) is 5.69 Å². The molecule has 6 heteroatoms. The van der Waals surface area contributed by atoms with Crippen molar-refractivity contribution < 1.29 is 8.78 Å². The highest BCUT2D eigenvalue weighted by atomic mass is 19.3. The summed E-state index contributed by atoms with van der Waals surface area (Å²) in [6, 6.07) is 7.62. The van der Waals surface area contributed by atoms with Crippen LogP contribution in [-0.2, 0) is 5.92 Å². The third kappa shape index (κ3) is 2.15. The average molecular weight is 238 g/mol. The van der Waals surface area contributed by atoms with Gasteiger partial charge in [-0.3, -0.25) is 9.78 Å². The molecule has 2 rings (SSSR count). The van der Waals surface area contributed by atoms with E-state index >= 15 is 0 Å². The zero-order chi connectivity index (χ0) is 12.5. The number of nitrogens with one attached hydrogen (secondary N) is 2. The summed E-state index contributed by atoms with van der Waals surface area (Å²) in [5.74, 6) is -3.41. The SMILES string of the molecule is O=c1cc(C(F)(F)c2ccccc2)[nH]c(=O)[nH]1. The Morgan fingerprint density at radius 1 is 1.00 bits per heavy atom. The summed E-state index contributed by atoms with van der Waals surface area (Å²) in [7, 11) is 0. The van der Waals surface area contributed by atoms with Crippen LogP contribution >= 0.6 is 0 Å². The van der Waals surface area contributed by atoms with E-state index in [2.05, 4.69) is 0 Å². The Labute approximate surface area is 93.9 Å². The first kappa shape index (κ1) is 11.3. The van der Waals surface area contributed by atoms with Crippen molar-refractivity contribution in [3.8, 4) is 0 Å². The van der Waals surface area contributed by atoms with Crippen molar-refractivity contribution in [3.05, 3.63) is 68.5 Å². The number of hydrogen-bond acceptors (Lipinski definition) is 2. The number of H-pyrrole nitrogens is 2. The average Bonchev–Trinajstić information content (AvgIpc) is 2.29. The molecule has 0 spiro atoms. The van der Waals surface area contributed by atoms with E-state index in [1.165, 1.54) is 24.3 Å². The number of rotatable bonds is 2. The lowest BCUT2D eigenvalue weighted by Crippen LogP contribution is -2.28. The molecule has 17 heavy (non-hydrogen) atoms. The molecular weight excluding hydrogens is 230 g/mol. The highest BCUT2D eigenvalue weighted by Crippen LogP contribution is 2.32. The maximum absolute atomic E-state index is 13.9. The van der Waals surface area contributed by atoms with Crippen molar-refractivity contribution in [1.29, 1.82) is 0 Å². The molecule has 0 saturated heterocycles. The third-order valence-electron chi connectivity index (χ3n) is 2.23. The summed E-state index contributed by atoms with van der Waals surface area (Å²) in [5.41, 5.74) is -2.83. The number of hydrogen-bond donors (Lipinski definition) is 2. The molecule has 0 bridgehead atoms. The lowest BCUT2D eigenvalue weighted by molar-refractivity contribution is 0.0374. The van der Waals surface area contributed by atoms with E-state index in [0.717, 1.165) is 0 Å². The highest BCUT2D eigenvalue weighted by molar-refractivity contribution is 5.28. The molecule has 1 aromatic heterocycles. The Kier molecular flexibility index (Phi) is 2.63. The first-order chi connectivity index (χ1) is 8.00. The smallest absolute Gasteiger partial charge is 0.305 e. The second kappa shape index (κ2) is 3.97. The van der Waals surface area contributed by atoms with Crippen LogP contribution in [0.3, 0.4) is 0 Å². The fourth-order valence-electron chi connectivity index (χ4n) is 1.44. The summed E-state index contributed by atoms with van der Waals surface area (Å²) in [6.07, 6.45) is 0. The predicted octanol–water partition coefficient (Wildman–Crippen LogP) is 1.20. The molecule has 0 aliphatic carbocycles. The summed E-state index contributed by atoms with van der Waals surface area (Å²) in [5, 5.41) is 0. The van der Waals surface area contributed by atoms with Gasteiger partial charge in [0.15, 0.2) is 0 Å². The number of aromatic nitrogens is 2. The number of alkyl halides is 2. The standard InChI is InChI=1S/C11H8F2N2O2/c12-11(13,7-4-2-1-3-5-7)8-6-9(16)15-10(17)14-8/h1-6H,(H2,14,15,16,17). The van der Waals surface area contributed by atoms with Gasteiger partial charge in [-0.15, -0.1) is 0 Å². The fraction of sp³-hybridized carbons (Fsp3) is 0.0909. The molecule has 0 atom stereocenters. The van der Waals surface area contributed by atoms with Crippen molar-refractivity contribution in [2.45, 2.75) is 5.92 Å². The fourth-order valence-corrected chi connectivity index (χ4v) is 1.44. The number of aromatic amines is 2. The molecule has 0 aliphatic rings. The van der Waals surface area contributed by atoms with Crippen LogP contribution in [0.5, 0.6) is 0 Å². The van der Waals surface area contributed by atoms with E-state index < -0.39 is 22.9 Å². The van der Waals surface area contributed by atoms with Crippen LogP contribution in [0.1, 0.15) is 11.3 Å². The molecule has 0 radical (unpaired) electrons. The zero-order valence-electron chi connectivity index (χ0n) is 8.54. The highest BCUT2D eigenvalue weighted by Gasteiger charge is 2.35. The van der Waals surface area contributed by atoms with Crippen LogP contribution < -0.4 is 11.2 Å². The number of benzene rings is 1. The quantitative estimate of drug-likeness (QED) is 0.825. The van der Waals surface area contributed by atoms with Gasteiger partial charge in [0.1, 0.15) is 0 Å². The van der Waals surface area contributed by atoms with Crippen LogP contribution in [0, 0.1) is 0 Å². The van der Waals surface area contributed by atoms with Crippen LogP contribution in [0.4, 0.5) is 8.78 Å². The van der Waals surface area contributed by atoms with Gasteiger partial charge in [0.2, 0.25) is 0 Å². The van der Waals surface area contributed by atoms with Gasteiger partial charge in [0.25, 0.3) is 5.56 Å². The topological polar surface area (TPSA) is 65.7 Å². The van der Waals surface area contributed by atoms with E-state index in [1.807, 2.05) is 9.97 Å². The van der Waals surface area contributed by atoms with Gasteiger partial charge < -0.3 is 4.98 Å². The molecule has 88 valence electrons. The van der Waals surface area contributed by atoms with Crippen molar-refractivity contribution in [2.24, 2.45) is 0 Å². The predicted molar refractivity (Wildman–Crippen MR) is 57.1 cm³/mol. The van der Waals surface area contributed by atoms with Crippen molar-refractivity contribution >= 4 is 0 Å². The molecule has 0 aliphatic heterocycles. The van der Waals surface area contributed by atoms with Crippen molar-refractivity contribution in [3.63, 3.8) is 0 Å². The minimum absolute atomic E-state index is 0.291. The summed E-state index contributed by atoms with van der Waals surface area (Å²) in [4.78, 5) is 25.7. The molecule has 2 aromatic rings. The molecule has 0 saturated carbocycles. The van der Waals surface area contributed by atoms with Crippen molar-refractivity contribution in [2.75, 3.05) is 0 Å². The summed E-state index contributed by atoms with van der Waals surface area (Å²) >= 11 is 0. The molecular formula is C11H8F2N2O2. The van der Waals surface area contributed by atoms with Crippen molar-refractivity contribution in [1.82, 2.24) is 9.97 Å². The van der Waals surface area contributed by atoms with E-state index in [4.69, 9.17) is 0 Å². The minimum atomic E-state index is -3.41. The van der Waals surface area contributed by atoms with Gasteiger partial charge in [-0.1, -0.05) is 30.3 Å². The van der Waals surface area contributed by atoms with Crippen LogP contribution in [0.25, 0.3) is 0 Å². The molecule has 0 fully saturated rings. The molecule has 0 unspecified atom stereocenters. The molecule has 1 heterocycles. The monoisotopic (exact) mass is 238 g/mol. The first-order valence-corrected chi connectivity index (χ1v) is 4.77. The van der Waals surface area contributed by atoms with Crippen LogP contribution in [0.15, 0.2) is 46.0 Å². The lowest BCUT2D eigenvalue weighted by atomic mass is 10.1. The van der Waals surface area contributed by atoms with Gasteiger partial charge >= 0.3 is 11.6 Å². The lowest BCUT2D eigenvalue weighted by Gasteiger charge is -2.15. The Bertz CT molecular complexity index is 603. The Morgan fingerprint density at radius 3 is 2.24 bits per heavy atom. The Morgan fingerprint density at radius 2 is 1.65 bits per heavy atom. The van der Waals surface area contributed by atoms with Gasteiger partial charge in [-0.2, -0.15) is 8.78 Å². The molecule has 2 N–H and O–H groups in total. The van der Waals surface area contributed by atoms with Gasteiger partial charge in [-0.05, 0) is 0 Å². The van der Waals surface area contributed by atoms with Crippen LogP contribution in [0.2, 0.25) is 0 Å². The first-order valence-electron chi connectivity index (χ1n) is 4.77. The zero-order valence-corrected chi connectivity index (χ0v) is 8.54. The summed E-state index contributed by atoms with van der Waals surface area (Å²) < 4.78 is 27.9. The Hall–Kier alpha value is -2.24. The molecule has 0 amide bonds. The summed E-state index contributed by atoms with van der Waals surface area (Å²) in [6.45, 7) is 0. The van der Waals surface area contributed by atoms with E-state index in [9.17, 15) is 18.4 Å². The van der Waals surface area contributed by atoms with E-state index in [-0.39, 0.29) is 5.56 Å².